The molecule has 33 heavy (non-hydrogen) atoms. The SMILES string of the molecule is O=S(=O)(c1cccc(-c2nnc(SCc3cc(-c4ccccc4)on3)o2)c1)N1CCCCC1. The molecule has 5 rings (SSSR count). The Bertz CT molecular complexity index is 1330. The second kappa shape index (κ2) is 9.50. The van der Waals surface area contributed by atoms with Crippen LogP contribution in [0.2, 0.25) is 0 Å². The summed E-state index contributed by atoms with van der Waals surface area (Å²) in [6.45, 7) is 1.11. The molecule has 8 nitrogen and oxygen atoms in total. The van der Waals surface area contributed by atoms with E-state index < -0.39 is 10.0 Å². The van der Waals surface area contributed by atoms with Gasteiger partial charge in [-0.05, 0) is 31.0 Å². The molecule has 0 radical (unpaired) electrons. The minimum Gasteiger partial charge on any atom is -0.411 e. The van der Waals surface area contributed by atoms with Crippen LogP contribution in [0.5, 0.6) is 0 Å². The molecule has 4 aromatic rings. The number of benzene rings is 2. The number of thioether (sulfide) groups is 1. The molecule has 10 heteroatoms. The lowest BCUT2D eigenvalue weighted by Crippen LogP contribution is -2.35. The van der Waals surface area contributed by atoms with Gasteiger partial charge in [-0.2, -0.15) is 4.31 Å². The molecule has 1 aliphatic rings. The Labute approximate surface area is 196 Å². The van der Waals surface area contributed by atoms with Gasteiger partial charge in [-0.25, -0.2) is 8.42 Å². The van der Waals surface area contributed by atoms with E-state index in [0.717, 1.165) is 30.5 Å². The number of sulfonamides is 1. The van der Waals surface area contributed by atoms with E-state index in [1.807, 2.05) is 36.4 Å². The van der Waals surface area contributed by atoms with Gasteiger partial charge in [-0.3, -0.25) is 0 Å². The summed E-state index contributed by atoms with van der Waals surface area (Å²) in [5, 5.41) is 12.7. The van der Waals surface area contributed by atoms with Gasteiger partial charge in [-0.1, -0.05) is 59.7 Å². The molecule has 0 atom stereocenters. The lowest BCUT2D eigenvalue weighted by Gasteiger charge is -2.25. The molecular weight excluding hydrogens is 460 g/mol. The van der Waals surface area contributed by atoms with Gasteiger partial charge in [0.05, 0.1) is 10.6 Å². The smallest absolute Gasteiger partial charge is 0.277 e. The number of piperidine rings is 1. The third kappa shape index (κ3) is 4.87. The monoisotopic (exact) mass is 482 g/mol. The van der Waals surface area contributed by atoms with Crippen molar-refractivity contribution in [3.63, 3.8) is 0 Å². The maximum absolute atomic E-state index is 13.0. The van der Waals surface area contributed by atoms with Crippen molar-refractivity contribution >= 4 is 21.8 Å². The molecule has 0 spiro atoms. The molecule has 1 saturated heterocycles. The van der Waals surface area contributed by atoms with Crippen LogP contribution >= 0.6 is 11.8 Å². The fourth-order valence-electron chi connectivity index (χ4n) is 3.68. The first-order valence-corrected chi connectivity index (χ1v) is 13.1. The summed E-state index contributed by atoms with van der Waals surface area (Å²) >= 11 is 1.34. The molecule has 1 fully saturated rings. The Morgan fingerprint density at radius 3 is 2.52 bits per heavy atom. The van der Waals surface area contributed by atoms with Gasteiger partial charge in [0, 0.05) is 36.0 Å². The van der Waals surface area contributed by atoms with Crippen molar-refractivity contribution in [1.29, 1.82) is 0 Å². The van der Waals surface area contributed by atoms with Crippen LogP contribution < -0.4 is 0 Å². The average Bonchev–Trinajstić information content (AvgIpc) is 3.54. The third-order valence-corrected chi connectivity index (χ3v) is 8.15. The molecule has 170 valence electrons. The summed E-state index contributed by atoms with van der Waals surface area (Å²) in [7, 11) is -3.53. The minimum atomic E-state index is -3.53. The molecule has 3 heterocycles. The second-order valence-corrected chi connectivity index (χ2v) is 10.6. The molecule has 0 aliphatic carbocycles. The first kappa shape index (κ1) is 21.9. The first-order chi connectivity index (χ1) is 16.1. The highest BCUT2D eigenvalue weighted by Gasteiger charge is 2.26. The predicted molar refractivity (Wildman–Crippen MR) is 124 cm³/mol. The van der Waals surface area contributed by atoms with Gasteiger partial charge in [0.2, 0.25) is 15.9 Å². The molecule has 0 unspecified atom stereocenters. The molecule has 0 N–H and O–H groups in total. The van der Waals surface area contributed by atoms with Gasteiger partial charge in [0.25, 0.3) is 5.22 Å². The average molecular weight is 483 g/mol. The predicted octanol–water partition coefficient (Wildman–Crippen LogP) is 4.86. The number of aromatic nitrogens is 3. The summed E-state index contributed by atoms with van der Waals surface area (Å²) in [5.41, 5.74) is 2.29. The lowest BCUT2D eigenvalue weighted by atomic mass is 10.2. The standard InChI is InChI=1S/C23H22N4O4S2/c28-33(29,27-12-5-2-6-13-27)20-11-7-10-18(14-20)22-24-25-23(30-22)32-16-19-15-21(31-26-19)17-8-3-1-4-9-17/h1,3-4,7-11,14-15H,2,5-6,12-13,16H2. The molecule has 0 saturated carbocycles. The Morgan fingerprint density at radius 2 is 1.70 bits per heavy atom. The number of hydrogen-bond donors (Lipinski definition) is 0. The van der Waals surface area contributed by atoms with E-state index in [1.165, 1.54) is 11.8 Å². The fraction of sp³-hybridized carbons (Fsp3) is 0.261. The highest BCUT2D eigenvalue weighted by atomic mass is 32.2. The molecular formula is C23H22N4O4S2. The highest BCUT2D eigenvalue weighted by Crippen LogP contribution is 2.29. The van der Waals surface area contributed by atoms with E-state index in [9.17, 15) is 8.42 Å². The van der Waals surface area contributed by atoms with Crippen LogP contribution in [0.4, 0.5) is 0 Å². The molecule has 0 bridgehead atoms. The number of hydrogen-bond acceptors (Lipinski definition) is 8. The molecule has 0 amide bonds. The van der Waals surface area contributed by atoms with Crippen LogP contribution in [-0.2, 0) is 15.8 Å². The van der Waals surface area contributed by atoms with Gasteiger partial charge < -0.3 is 8.94 Å². The van der Waals surface area contributed by atoms with Crippen molar-refractivity contribution in [2.24, 2.45) is 0 Å². The van der Waals surface area contributed by atoms with Crippen LogP contribution in [0.25, 0.3) is 22.8 Å². The maximum Gasteiger partial charge on any atom is 0.277 e. The Morgan fingerprint density at radius 1 is 0.909 bits per heavy atom. The van der Waals surface area contributed by atoms with Crippen LogP contribution in [0.15, 0.2) is 79.7 Å². The van der Waals surface area contributed by atoms with Crippen molar-refractivity contribution in [3.8, 4) is 22.8 Å². The minimum absolute atomic E-state index is 0.241. The van der Waals surface area contributed by atoms with E-state index in [0.29, 0.717) is 35.4 Å². The Hall–Kier alpha value is -2.95. The topological polar surface area (TPSA) is 102 Å². The van der Waals surface area contributed by atoms with Gasteiger partial charge in [0.15, 0.2) is 5.76 Å². The molecule has 2 aromatic heterocycles. The van der Waals surface area contributed by atoms with Crippen LogP contribution in [0.1, 0.15) is 25.0 Å². The van der Waals surface area contributed by atoms with E-state index in [4.69, 9.17) is 8.94 Å². The van der Waals surface area contributed by atoms with Crippen molar-refractivity contribution in [2.45, 2.75) is 35.1 Å². The zero-order valence-electron chi connectivity index (χ0n) is 17.8. The van der Waals surface area contributed by atoms with E-state index in [1.54, 1.807) is 28.6 Å². The quantitative estimate of drug-likeness (QED) is 0.344. The summed E-state index contributed by atoms with van der Waals surface area (Å²) < 4.78 is 38.7. The molecule has 2 aromatic carbocycles. The summed E-state index contributed by atoms with van der Waals surface area (Å²) in [6, 6.07) is 18.3. The molecule has 1 aliphatic heterocycles. The van der Waals surface area contributed by atoms with Crippen LogP contribution in [-0.4, -0.2) is 41.2 Å². The second-order valence-electron chi connectivity index (χ2n) is 7.70. The van der Waals surface area contributed by atoms with Gasteiger partial charge in [0.1, 0.15) is 0 Å². The summed E-state index contributed by atoms with van der Waals surface area (Å²) in [4.78, 5) is 0.241. The fourth-order valence-corrected chi connectivity index (χ4v) is 5.89. The van der Waals surface area contributed by atoms with Crippen molar-refractivity contribution in [3.05, 3.63) is 66.4 Å². The third-order valence-electron chi connectivity index (χ3n) is 5.40. The maximum atomic E-state index is 13.0. The zero-order chi connectivity index (χ0) is 22.7. The van der Waals surface area contributed by atoms with E-state index in [-0.39, 0.29) is 10.8 Å². The normalized spacial score (nSPS) is 15.0. The van der Waals surface area contributed by atoms with E-state index >= 15 is 0 Å². The van der Waals surface area contributed by atoms with E-state index in [2.05, 4.69) is 15.4 Å². The van der Waals surface area contributed by atoms with Crippen LogP contribution in [0, 0.1) is 0 Å². The van der Waals surface area contributed by atoms with Gasteiger partial charge in [-0.15, -0.1) is 10.2 Å². The summed E-state index contributed by atoms with van der Waals surface area (Å²) in [6.07, 6.45) is 2.85. The van der Waals surface area contributed by atoms with Crippen LogP contribution in [0.3, 0.4) is 0 Å². The van der Waals surface area contributed by atoms with Crippen molar-refractivity contribution in [2.75, 3.05) is 13.1 Å². The largest absolute Gasteiger partial charge is 0.411 e. The Balaban J connectivity index is 1.27. The first-order valence-electron chi connectivity index (χ1n) is 10.7. The highest BCUT2D eigenvalue weighted by molar-refractivity contribution is 7.98. The van der Waals surface area contributed by atoms with Gasteiger partial charge >= 0.3 is 0 Å². The van der Waals surface area contributed by atoms with Crippen molar-refractivity contribution < 1.29 is 17.4 Å². The Kier molecular flexibility index (Phi) is 6.30. The number of nitrogens with zero attached hydrogens (tertiary/aromatic N) is 4. The number of rotatable bonds is 7. The lowest BCUT2D eigenvalue weighted by molar-refractivity contribution is 0.346. The summed E-state index contributed by atoms with van der Waals surface area (Å²) in [5.74, 6) is 1.48. The van der Waals surface area contributed by atoms with Crippen molar-refractivity contribution in [1.82, 2.24) is 19.7 Å². The zero-order valence-corrected chi connectivity index (χ0v) is 19.4.